The van der Waals surface area contributed by atoms with Crippen LogP contribution in [0.3, 0.4) is 0 Å². The van der Waals surface area contributed by atoms with Gasteiger partial charge in [-0.3, -0.25) is 5.43 Å². The molecule has 0 unspecified atom stereocenters. The van der Waals surface area contributed by atoms with Crippen LogP contribution in [0.25, 0.3) is 33.1 Å². The van der Waals surface area contributed by atoms with Crippen LogP contribution in [0.15, 0.2) is 60.8 Å². The van der Waals surface area contributed by atoms with E-state index in [2.05, 4.69) is 33.6 Å². The molecule has 2 heterocycles. The van der Waals surface area contributed by atoms with Crippen molar-refractivity contribution >= 4 is 33.7 Å². The van der Waals surface area contributed by atoms with E-state index in [-0.39, 0.29) is 6.09 Å². The molecule has 31 heavy (non-hydrogen) atoms. The van der Waals surface area contributed by atoms with Crippen LogP contribution in [0.4, 0.5) is 10.5 Å². The van der Waals surface area contributed by atoms with E-state index in [0.717, 1.165) is 45.2 Å². The van der Waals surface area contributed by atoms with Crippen molar-refractivity contribution in [3.8, 4) is 11.1 Å². The topological polar surface area (TPSA) is 70.2 Å². The van der Waals surface area contributed by atoms with E-state index in [1.165, 1.54) is 5.01 Å². The largest absolute Gasteiger partial charge is 0.442 e. The number of para-hydroxylation sites is 1. The van der Waals surface area contributed by atoms with Crippen LogP contribution in [0, 0.1) is 0 Å². The van der Waals surface area contributed by atoms with Crippen molar-refractivity contribution in [2.45, 2.75) is 39.7 Å². The Morgan fingerprint density at radius 1 is 1.13 bits per heavy atom. The molecule has 2 N–H and O–H groups in total. The van der Waals surface area contributed by atoms with Gasteiger partial charge in [0.2, 0.25) is 0 Å². The maximum Gasteiger partial charge on any atom is 0.429 e. The first-order chi connectivity index (χ1) is 14.9. The minimum Gasteiger partial charge on any atom is -0.442 e. The molecular formula is C25H28N4O2. The number of hydrogen-bond acceptors (Lipinski definition) is 4. The number of pyridine rings is 1. The summed E-state index contributed by atoms with van der Waals surface area (Å²) >= 11 is 0. The van der Waals surface area contributed by atoms with E-state index in [1.54, 1.807) is 0 Å². The lowest BCUT2D eigenvalue weighted by molar-refractivity contribution is 0.0297. The lowest BCUT2D eigenvalue weighted by atomic mass is 10.0. The first-order valence-corrected chi connectivity index (χ1v) is 10.6. The lowest BCUT2D eigenvalue weighted by Crippen LogP contribution is -2.40. The van der Waals surface area contributed by atoms with Crippen LogP contribution in [0.5, 0.6) is 0 Å². The Morgan fingerprint density at radius 2 is 1.94 bits per heavy atom. The van der Waals surface area contributed by atoms with Gasteiger partial charge in [0.05, 0.1) is 5.69 Å². The summed E-state index contributed by atoms with van der Waals surface area (Å²) in [6.45, 7) is 8.17. The Morgan fingerprint density at radius 3 is 2.71 bits per heavy atom. The van der Waals surface area contributed by atoms with E-state index in [4.69, 9.17) is 4.74 Å². The number of carbonyl (C=O) groups excluding carboxylic acids is 1. The summed E-state index contributed by atoms with van der Waals surface area (Å²) in [5.74, 6) is 0. The zero-order valence-corrected chi connectivity index (χ0v) is 18.4. The molecule has 0 spiro atoms. The van der Waals surface area contributed by atoms with E-state index >= 15 is 0 Å². The molecule has 0 aliphatic heterocycles. The molecular weight excluding hydrogens is 388 g/mol. The fourth-order valence-corrected chi connectivity index (χ4v) is 3.65. The molecule has 0 radical (unpaired) electrons. The van der Waals surface area contributed by atoms with Gasteiger partial charge in [-0.25, -0.2) is 14.8 Å². The molecule has 0 saturated heterocycles. The minimum absolute atomic E-state index is 0.386. The van der Waals surface area contributed by atoms with Crippen LogP contribution < -0.4 is 5.43 Å². The molecule has 0 aliphatic carbocycles. The van der Waals surface area contributed by atoms with Gasteiger partial charge in [0.1, 0.15) is 11.2 Å². The van der Waals surface area contributed by atoms with Crippen molar-refractivity contribution in [3.63, 3.8) is 0 Å². The average Bonchev–Trinajstić information content (AvgIpc) is 3.11. The Balaban J connectivity index is 1.69. The van der Waals surface area contributed by atoms with Crippen LogP contribution in [-0.2, 0) is 4.74 Å². The van der Waals surface area contributed by atoms with Crippen molar-refractivity contribution in [2.75, 3.05) is 12.0 Å². The van der Waals surface area contributed by atoms with Crippen molar-refractivity contribution in [2.24, 2.45) is 0 Å². The zero-order valence-electron chi connectivity index (χ0n) is 18.4. The van der Waals surface area contributed by atoms with E-state index < -0.39 is 5.60 Å². The maximum atomic E-state index is 12.6. The van der Waals surface area contributed by atoms with E-state index in [0.29, 0.717) is 6.54 Å². The number of ether oxygens (including phenoxy) is 1. The van der Waals surface area contributed by atoms with Gasteiger partial charge in [0, 0.05) is 29.0 Å². The molecule has 0 bridgehead atoms. The molecule has 160 valence electrons. The number of nitrogens with zero attached hydrogens (tertiary/aromatic N) is 2. The molecule has 2 aromatic carbocycles. The number of nitrogens with one attached hydrogen (secondary N) is 2. The number of amides is 1. The second kappa shape index (κ2) is 8.30. The third kappa shape index (κ3) is 4.48. The molecule has 4 aromatic rings. The quantitative estimate of drug-likeness (QED) is 0.372. The number of hydrazine groups is 1. The molecule has 6 heteroatoms. The van der Waals surface area contributed by atoms with Gasteiger partial charge in [0.25, 0.3) is 0 Å². The fourth-order valence-electron chi connectivity index (χ4n) is 3.65. The Bertz CT molecular complexity index is 1220. The molecule has 0 fully saturated rings. The zero-order chi connectivity index (χ0) is 22.0. The Labute approximate surface area is 182 Å². The Hall–Kier alpha value is -3.54. The number of anilines is 1. The lowest BCUT2D eigenvalue weighted by Gasteiger charge is -2.28. The highest BCUT2D eigenvalue weighted by molar-refractivity contribution is 6.12. The molecule has 0 atom stereocenters. The molecule has 2 aromatic heterocycles. The minimum atomic E-state index is -0.551. The van der Waals surface area contributed by atoms with Crippen LogP contribution in [-0.4, -0.2) is 33.2 Å². The number of H-pyrrole nitrogens is 1. The van der Waals surface area contributed by atoms with Gasteiger partial charge in [-0.05, 0) is 62.6 Å². The Kier molecular flexibility index (Phi) is 5.55. The second-order valence-electron chi connectivity index (χ2n) is 8.58. The number of aromatic nitrogens is 2. The molecule has 0 saturated carbocycles. The summed E-state index contributed by atoms with van der Waals surface area (Å²) in [5.41, 5.74) is 7.55. The highest BCUT2D eigenvalue weighted by Gasteiger charge is 2.22. The first-order valence-electron chi connectivity index (χ1n) is 10.6. The number of rotatable bonds is 5. The number of fused-ring (bicyclic) bond motifs is 3. The van der Waals surface area contributed by atoms with Crippen LogP contribution >= 0.6 is 0 Å². The first kappa shape index (κ1) is 20.7. The number of carbonyl (C=O) groups is 1. The molecule has 4 rings (SSSR count). The standard InChI is InChI=1S/C25H28N4O2/c1-5-15-29(24(30)31-25(2,3)4)28-18-10-8-9-17(16-18)19-13-14-26-23-22(19)20-11-6-7-12-21(20)27-23/h6-14,16,28H,5,15H2,1-4H3,(H,26,27). The normalized spacial score (nSPS) is 11.6. The summed E-state index contributed by atoms with van der Waals surface area (Å²) in [6.07, 6.45) is 2.24. The van der Waals surface area contributed by atoms with Gasteiger partial charge in [-0.2, -0.15) is 0 Å². The van der Waals surface area contributed by atoms with E-state index in [1.807, 2.05) is 70.3 Å². The molecule has 6 nitrogen and oxygen atoms in total. The summed E-state index contributed by atoms with van der Waals surface area (Å²) in [7, 11) is 0. The molecule has 1 amide bonds. The summed E-state index contributed by atoms with van der Waals surface area (Å²) in [4.78, 5) is 20.5. The smallest absolute Gasteiger partial charge is 0.429 e. The third-order valence-electron chi connectivity index (χ3n) is 4.90. The van der Waals surface area contributed by atoms with Crippen molar-refractivity contribution in [1.82, 2.24) is 15.0 Å². The summed E-state index contributed by atoms with van der Waals surface area (Å²) in [5, 5.41) is 3.76. The van der Waals surface area contributed by atoms with Crippen LogP contribution in [0.2, 0.25) is 0 Å². The van der Waals surface area contributed by atoms with Gasteiger partial charge in [-0.15, -0.1) is 0 Å². The van der Waals surface area contributed by atoms with E-state index in [9.17, 15) is 4.79 Å². The highest BCUT2D eigenvalue weighted by Crippen LogP contribution is 2.34. The third-order valence-corrected chi connectivity index (χ3v) is 4.90. The summed E-state index contributed by atoms with van der Waals surface area (Å²) in [6, 6.07) is 18.3. The van der Waals surface area contributed by atoms with Gasteiger partial charge >= 0.3 is 6.09 Å². The van der Waals surface area contributed by atoms with Crippen molar-refractivity contribution in [1.29, 1.82) is 0 Å². The van der Waals surface area contributed by atoms with Crippen molar-refractivity contribution < 1.29 is 9.53 Å². The predicted molar refractivity (Wildman–Crippen MR) is 126 cm³/mol. The summed E-state index contributed by atoms with van der Waals surface area (Å²) < 4.78 is 5.55. The van der Waals surface area contributed by atoms with Gasteiger partial charge < -0.3 is 9.72 Å². The number of aromatic amines is 1. The fraction of sp³-hybridized carbons (Fsp3) is 0.280. The maximum absolute atomic E-state index is 12.6. The number of hydrogen-bond donors (Lipinski definition) is 2. The SMILES string of the molecule is CCCN(Nc1cccc(-c2ccnc3[nH]c4ccccc4c23)c1)C(=O)OC(C)(C)C. The van der Waals surface area contributed by atoms with Gasteiger partial charge in [0.15, 0.2) is 0 Å². The predicted octanol–water partition coefficient (Wildman–Crippen LogP) is 6.36. The molecule has 0 aliphatic rings. The van der Waals surface area contributed by atoms with Crippen LogP contribution in [0.1, 0.15) is 34.1 Å². The van der Waals surface area contributed by atoms with Crippen molar-refractivity contribution in [3.05, 3.63) is 60.8 Å². The monoisotopic (exact) mass is 416 g/mol. The highest BCUT2D eigenvalue weighted by atomic mass is 16.6. The number of benzene rings is 2. The average molecular weight is 417 g/mol. The second-order valence-corrected chi connectivity index (χ2v) is 8.58. The van der Waals surface area contributed by atoms with Gasteiger partial charge in [-0.1, -0.05) is 37.3 Å².